The molecule has 4 atom stereocenters. The van der Waals surface area contributed by atoms with E-state index in [0.29, 0.717) is 22.8 Å². The lowest BCUT2D eigenvalue weighted by atomic mass is 9.91. The van der Waals surface area contributed by atoms with Gasteiger partial charge in [0.1, 0.15) is 10.7 Å². The van der Waals surface area contributed by atoms with Gasteiger partial charge in [-0.05, 0) is 52.1 Å². The second kappa shape index (κ2) is 15.8. The quantitative estimate of drug-likeness (QED) is 0.116. The highest BCUT2D eigenvalue weighted by Crippen LogP contribution is 2.43. The van der Waals surface area contributed by atoms with Gasteiger partial charge >= 0.3 is 5.97 Å². The first-order valence-electron chi connectivity index (χ1n) is 16.9. The van der Waals surface area contributed by atoms with Gasteiger partial charge in [0.25, 0.3) is 5.91 Å². The molecular weight excluding hydrogens is 677 g/mol. The van der Waals surface area contributed by atoms with Gasteiger partial charge in [-0.1, -0.05) is 91.9 Å². The average Bonchev–Trinajstić information content (AvgIpc) is 3.19. The molecule has 0 radical (unpaired) electrons. The topological polar surface area (TPSA) is 144 Å². The second-order valence-electron chi connectivity index (χ2n) is 12.5. The number of carboxylic acids is 1. The van der Waals surface area contributed by atoms with Crippen molar-refractivity contribution >= 4 is 34.7 Å². The number of aromatic nitrogens is 3. The predicted octanol–water partition coefficient (Wildman–Crippen LogP) is 7.40. The molecule has 0 saturated carbocycles. The van der Waals surface area contributed by atoms with Gasteiger partial charge in [-0.15, -0.1) is 11.8 Å². The Balaban J connectivity index is 1.10. The summed E-state index contributed by atoms with van der Waals surface area (Å²) >= 11 is 1.35. The minimum atomic E-state index is -1.03. The summed E-state index contributed by atoms with van der Waals surface area (Å²) in [4.78, 5) is 38.0. The third-order valence-corrected chi connectivity index (χ3v) is 10.2. The van der Waals surface area contributed by atoms with Gasteiger partial charge in [-0.25, -0.2) is 14.8 Å². The summed E-state index contributed by atoms with van der Waals surface area (Å²) in [6, 6.07) is 34.2. The number of nitrogens with zero attached hydrogens (tertiary/aromatic N) is 3. The van der Waals surface area contributed by atoms with Crippen LogP contribution >= 0.6 is 11.8 Å². The highest BCUT2D eigenvalue weighted by atomic mass is 32.2. The van der Waals surface area contributed by atoms with Crippen LogP contribution in [0.4, 0.5) is 0 Å². The van der Waals surface area contributed by atoms with Gasteiger partial charge in [0.2, 0.25) is 0 Å². The largest absolute Gasteiger partial charge is 0.478 e. The first-order chi connectivity index (χ1) is 25.4. The average molecular weight is 713 g/mol. The highest BCUT2D eigenvalue weighted by Gasteiger charge is 2.38. The standard InChI is InChI=1S/C41H36N4O6S/c1-25-36(24-52-39-32(40(48)49)9-6-20-42-39)50-41(51-37(25)28-14-12-26(23-46)13-15-28)29-18-16-27(17-19-29)31-8-3-2-7-30(31)21-44-38(47)35-22-43-33-10-4-5-11-34(33)45-35/h2-20,22,25,36-37,41,46H,21,23-24H2,1H3,(H,44,47)(H,48,49)/t25-,36+,37+,41+/m1/s1. The molecule has 3 N–H and O–H groups in total. The monoisotopic (exact) mass is 712 g/mol. The number of hydrogen-bond acceptors (Lipinski definition) is 9. The molecule has 1 fully saturated rings. The number of amides is 1. The van der Waals surface area contributed by atoms with Crippen molar-refractivity contribution in [2.24, 2.45) is 5.92 Å². The minimum absolute atomic E-state index is 0.0523. The fraction of sp³-hybridized carbons (Fsp3) is 0.195. The summed E-state index contributed by atoms with van der Waals surface area (Å²) in [5.41, 5.74) is 7.26. The van der Waals surface area contributed by atoms with E-state index in [4.69, 9.17) is 9.47 Å². The summed E-state index contributed by atoms with van der Waals surface area (Å²) in [6.45, 7) is 2.31. The Morgan fingerprint density at radius 3 is 2.33 bits per heavy atom. The molecule has 10 nitrogen and oxygen atoms in total. The van der Waals surface area contributed by atoms with Crippen molar-refractivity contribution < 1.29 is 29.3 Å². The van der Waals surface area contributed by atoms with E-state index >= 15 is 0 Å². The molecule has 1 amide bonds. The maximum atomic E-state index is 13.0. The Morgan fingerprint density at radius 2 is 1.56 bits per heavy atom. The number of carboxylic acid groups (broad SMARTS) is 1. The molecular formula is C41H36N4O6S. The van der Waals surface area contributed by atoms with Crippen LogP contribution in [0.25, 0.3) is 22.2 Å². The summed E-state index contributed by atoms with van der Waals surface area (Å²) < 4.78 is 13.2. The van der Waals surface area contributed by atoms with Crippen LogP contribution in [0, 0.1) is 5.92 Å². The van der Waals surface area contributed by atoms with Crippen LogP contribution in [0.15, 0.2) is 127 Å². The van der Waals surface area contributed by atoms with Gasteiger partial charge in [-0.2, -0.15) is 0 Å². The SMILES string of the molecule is C[C@@H]1[C@H](CSc2ncccc2C(=O)O)O[C@H](c2ccc(-c3ccccc3CNC(=O)c3cnc4ccccc4n3)cc2)O[C@@H]1c1ccc(CO)cc1. The number of nitrogens with one attached hydrogen (secondary N) is 1. The Morgan fingerprint density at radius 1 is 0.827 bits per heavy atom. The molecule has 0 aliphatic carbocycles. The Hall–Kier alpha value is -5.46. The summed E-state index contributed by atoms with van der Waals surface area (Å²) in [5.74, 6) is -0.951. The first-order valence-corrected chi connectivity index (χ1v) is 17.9. The number of thioether (sulfide) groups is 1. The van der Waals surface area contributed by atoms with E-state index in [1.807, 2.05) is 97.1 Å². The number of aliphatic hydroxyl groups is 1. The van der Waals surface area contributed by atoms with E-state index in [1.54, 1.807) is 18.3 Å². The Bertz CT molecular complexity index is 2200. The zero-order valence-electron chi connectivity index (χ0n) is 28.3. The molecule has 2 aromatic heterocycles. The van der Waals surface area contributed by atoms with Crippen LogP contribution < -0.4 is 5.32 Å². The predicted molar refractivity (Wildman–Crippen MR) is 197 cm³/mol. The number of benzene rings is 4. The molecule has 11 heteroatoms. The Kier molecular flexibility index (Phi) is 10.6. The highest BCUT2D eigenvalue weighted by molar-refractivity contribution is 7.99. The van der Waals surface area contributed by atoms with Crippen molar-refractivity contribution in [2.45, 2.75) is 43.6 Å². The number of carbonyl (C=O) groups excluding carboxylic acids is 1. The fourth-order valence-electron chi connectivity index (χ4n) is 6.25. The van der Waals surface area contributed by atoms with Crippen molar-refractivity contribution in [3.8, 4) is 11.1 Å². The van der Waals surface area contributed by atoms with E-state index < -0.39 is 12.3 Å². The summed E-state index contributed by atoms with van der Waals surface area (Å²) in [7, 11) is 0. The molecule has 0 bridgehead atoms. The number of ether oxygens (including phenoxy) is 2. The zero-order valence-corrected chi connectivity index (χ0v) is 29.1. The van der Waals surface area contributed by atoms with Gasteiger partial charge in [-0.3, -0.25) is 9.78 Å². The van der Waals surface area contributed by atoms with Crippen LogP contribution in [0.2, 0.25) is 0 Å². The number of rotatable bonds is 11. The molecule has 4 aromatic carbocycles. The van der Waals surface area contributed by atoms with Crippen molar-refractivity contribution in [2.75, 3.05) is 5.75 Å². The third kappa shape index (κ3) is 7.73. The third-order valence-electron chi connectivity index (χ3n) is 9.14. The number of para-hydroxylation sites is 2. The van der Waals surface area contributed by atoms with Gasteiger partial charge in [0.05, 0.1) is 41.6 Å². The molecule has 6 aromatic rings. The van der Waals surface area contributed by atoms with E-state index in [-0.39, 0.29) is 41.9 Å². The summed E-state index contributed by atoms with van der Waals surface area (Å²) in [5, 5.41) is 22.7. The van der Waals surface area contributed by atoms with Crippen LogP contribution in [0.5, 0.6) is 0 Å². The minimum Gasteiger partial charge on any atom is -0.478 e. The number of aliphatic hydroxyl groups excluding tert-OH is 1. The van der Waals surface area contributed by atoms with Crippen molar-refractivity contribution in [1.82, 2.24) is 20.3 Å². The molecule has 1 aliphatic rings. The van der Waals surface area contributed by atoms with Crippen molar-refractivity contribution in [3.63, 3.8) is 0 Å². The van der Waals surface area contributed by atoms with Crippen LogP contribution in [0.1, 0.15) is 62.4 Å². The second-order valence-corrected chi connectivity index (χ2v) is 13.5. The zero-order chi connectivity index (χ0) is 36.0. The fourth-order valence-corrected chi connectivity index (χ4v) is 7.40. The first kappa shape index (κ1) is 35.0. The molecule has 0 spiro atoms. The van der Waals surface area contributed by atoms with Crippen LogP contribution in [-0.2, 0) is 22.6 Å². The number of pyridine rings is 1. The smallest absolute Gasteiger partial charge is 0.338 e. The molecule has 1 aliphatic heterocycles. The van der Waals surface area contributed by atoms with E-state index in [1.165, 1.54) is 18.0 Å². The van der Waals surface area contributed by atoms with E-state index in [9.17, 15) is 19.8 Å². The summed E-state index contributed by atoms with van der Waals surface area (Å²) in [6.07, 6.45) is 1.76. The number of aromatic carboxylic acids is 1. The number of fused-ring (bicyclic) bond motifs is 1. The molecule has 262 valence electrons. The lowest BCUT2D eigenvalue weighted by molar-refractivity contribution is -0.268. The molecule has 0 unspecified atom stereocenters. The maximum Gasteiger partial charge on any atom is 0.338 e. The normalized spacial score (nSPS) is 18.6. The van der Waals surface area contributed by atoms with Gasteiger partial charge < -0.3 is 25.0 Å². The number of carbonyl (C=O) groups is 2. The molecule has 52 heavy (non-hydrogen) atoms. The lowest BCUT2D eigenvalue weighted by Crippen LogP contribution is -2.38. The maximum absolute atomic E-state index is 13.0. The van der Waals surface area contributed by atoms with Gasteiger partial charge in [0.15, 0.2) is 6.29 Å². The lowest BCUT2D eigenvalue weighted by Gasteiger charge is -2.41. The van der Waals surface area contributed by atoms with Crippen LogP contribution in [0.3, 0.4) is 0 Å². The molecule has 3 heterocycles. The van der Waals surface area contributed by atoms with E-state index in [2.05, 4.69) is 27.2 Å². The van der Waals surface area contributed by atoms with Crippen LogP contribution in [-0.4, -0.2) is 48.9 Å². The molecule has 7 rings (SSSR count). The number of hydrogen-bond donors (Lipinski definition) is 3. The molecule has 1 saturated heterocycles. The van der Waals surface area contributed by atoms with Gasteiger partial charge in [0, 0.05) is 30.0 Å². The van der Waals surface area contributed by atoms with Crippen molar-refractivity contribution in [1.29, 1.82) is 0 Å². The van der Waals surface area contributed by atoms with E-state index in [0.717, 1.165) is 38.9 Å². The Labute approximate surface area is 304 Å². The van der Waals surface area contributed by atoms with Crippen molar-refractivity contribution in [3.05, 3.63) is 155 Å².